The Hall–Kier alpha value is -2.17. The summed E-state index contributed by atoms with van der Waals surface area (Å²) in [6, 6.07) is 0. The number of H-pyrrole nitrogens is 1. The number of carbonyl (C=O) groups is 1. The van der Waals surface area contributed by atoms with Crippen LogP contribution in [0.4, 0.5) is 0 Å². The van der Waals surface area contributed by atoms with Gasteiger partial charge in [-0.2, -0.15) is 0 Å². The first kappa shape index (κ1) is 14.2. The van der Waals surface area contributed by atoms with E-state index in [0.29, 0.717) is 18.1 Å². The Morgan fingerprint density at radius 1 is 1.40 bits per heavy atom. The molecule has 5 nitrogen and oxygen atoms in total. The van der Waals surface area contributed by atoms with E-state index in [4.69, 9.17) is 4.74 Å². The predicted molar refractivity (Wildman–Crippen MR) is 78.6 cm³/mol. The molecule has 106 valence electrons. The number of carbonyl (C=O) groups excluding carboxylic acids is 1. The number of allylic oxidation sites excluding steroid dienone is 1. The average Bonchev–Trinajstić information content (AvgIpc) is 2.76. The van der Waals surface area contributed by atoms with Crippen LogP contribution in [0.2, 0.25) is 0 Å². The van der Waals surface area contributed by atoms with E-state index in [0.717, 1.165) is 10.9 Å². The van der Waals surface area contributed by atoms with Crippen LogP contribution < -0.4 is 4.74 Å². The van der Waals surface area contributed by atoms with Crippen molar-refractivity contribution in [1.29, 1.82) is 0 Å². The SMILES string of the molecule is CC(=O)C=Cc1c[nH]c2ncnc(OCC(C)(C)C)c12. The minimum Gasteiger partial charge on any atom is -0.477 e. The van der Waals surface area contributed by atoms with Gasteiger partial charge in [-0.3, -0.25) is 4.79 Å². The molecule has 0 spiro atoms. The number of fused-ring (bicyclic) bond motifs is 1. The van der Waals surface area contributed by atoms with Crippen LogP contribution in [-0.2, 0) is 4.79 Å². The Kier molecular flexibility index (Phi) is 3.88. The average molecular weight is 273 g/mol. The molecule has 20 heavy (non-hydrogen) atoms. The quantitative estimate of drug-likeness (QED) is 0.869. The summed E-state index contributed by atoms with van der Waals surface area (Å²) >= 11 is 0. The van der Waals surface area contributed by atoms with Gasteiger partial charge in [-0.25, -0.2) is 9.97 Å². The van der Waals surface area contributed by atoms with Gasteiger partial charge < -0.3 is 9.72 Å². The molecule has 0 unspecified atom stereocenters. The highest BCUT2D eigenvalue weighted by molar-refractivity contribution is 5.96. The number of ether oxygens (including phenoxy) is 1. The normalized spacial score (nSPS) is 12.2. The third kappa shape index (κ3) is 3.44. The summed E-state index contributed by atoms with van der Waals surface area (Å²) in [7, 11) is 0. The molecule has 0 fully saturated rings. The Morgan fingerprint density at radius 2 is 2.15 bits per heavy atom. The van der Waals surface area contributed by atoms with Crippen LogP contribution >= 0.6 is 0 Å². The van der Waals surface area contributed by atoms with E-state index >= 15 is 0 Å². The molecule has 0 bridgehead atoms. The van der Waals surface area contributed by atoms with Gasteiger partial charge in [0.25, 0.3) is 0 Å². The zero-order valence-electron chi connectivity index (χ0n) is 12.2. The van der Waals surface area contributed by atoms with E-state index in [1.165, 1.54) is 19.3 Å². The van der Waals surface area contributed by atoms with Crippen molar-refractivity contribution >= 4 is 22.9 Å². The van der Waals surface area contributed by atoms with Crippen LogP contribution in [0.5, 0.6) is 5.88 Å². The van der Waals surface area contributed by atoms with Crippen LogP contribution in [-0.4, -0.2) is 27.3 Å². The van der Waals surface area contributed by atoms with Gasteiger partial charge in [-0.15, -0.1) is 0 Å². The number of aromatic nitrogens is 3. The summed E-state index contributed by atoms with van der Waals surface area (Å²) in [6.07, 6.45) is 6.52. The number of aromatic amines is 1. The fraction of sp³-hybridized carbons (Fsp3) is 0.400. The van der Waals surface area contributed by atoms with Crippen LogP contribution in [0.1, 0.15) is 33.3 Å². The molecule has 0 aliphatic heterocycles. The minimum absolute atomic E-state index is 0.00615. The highest BCUT2D eigenvalue weighted by atomic mass is 16.5. The molecule has 0 saturated carbocycles. The van der Waals surface area contributed by atoms with Crippen molar-refractivity contribution in [3.05, 3.63) is 24.2 Å². The van der Waals surface area contributed by atoms with Crippen LogP contribution in [0.15, 0.2) is 18.6 Å². The van der Waals surface area contributed by atoms with Crippen molar-refractivity contribution in [3.63, 3.8) is 0 Å². The molecule has 1 N–H and O–H groups in total. The summed E-state index contributed by atoms with van der Waals surface area (Å²) in [5.74, 6) is 0.530. The molecule has 0 amide bonds. The Balaban J connectivity index is 2.39. The smallest absolute Gasteiger partial charge is 0.226 e. The number of nitrogens with zero attached hydrogens (tertiary/aromatic N) is 2. The number of hydrogen-bond acceptors (Lipinski definition) is 4. The molecule has 0 aliphatic carbocycles. The van der Waals surface area contributed by atoms with Gasteiger partial charge in [0.05, 0.1) is 12.0 Å². The number of rotatable bonds is 4. The summed E-state index contributed by atoms with van der Waals surface area (Å²) in [6.45, 7) is 8.36. The van der Waals surface area contributed by atoms with E-state index in [9.17, 15) is 4.79 Å². The summed E-state index contributed by atoms with van der Waals surface area (Å²) in [5, 5.41) is 0.800. The Labute approximate surface area is 118 Å². The van der Waals surface area contributed by atoms with Gasteiger partial charge >= 0.3 is 0 Å². The van der Waals surface area contributed by atoms with Crippen LogP contribution in [0.25, 0.3) is 17.1 Å². The largest absolute Gasteiger partial charge is 0.477 e. The van der Waals surface area contributed by atoms with E-state index in [1.54, 1.807) is 12.3 Å². The number of hydrogen-bond donors (Lipinski definition) is 1. The first-order chi connectivity index (χ1) is 9.37. The molecule has 0 saturated heterocycles. The van der Waals surface area contributed by atoms with Gasteiger partial charge in [0.2, 0.25) is 5.88 Å². The van der Waals surface area contributed by atoms with E-state index in [2.05, 4.69) is 35.7 Å². The maximum absolute atomic E-state index is 11.1. The highest BCUT2D eigenvalue weighted by Gasteiger charge is 2.15. The monoisotopic (exact) mass is 273 g/mol. The third-order valence-electron chi connectivity index (χ3n) is 2.61. The Bertz CT molecular complexity index is 651. The maximum Gasteiger partial charge on any atom is 0.226 e. The Morgan fingerprint density at radius 3 is 2.80 bits per heavy atom. The molecule has 0 radical (unpaired) electrons. The molecule has 5 heteroatoms. The molecular weight excluding hydrogens is 254 g/mol. The zero-order valence-corrected chi connectivity index (χ0v) is 12.2. The topological polar surface area (TPSA) is 67.9 Å². The standard InChI is InChI=1S/C15H19N3O2/c1-10(19)5-6-11-7-16-13-12(11)14(18-9-17-13)20-8-15(2,3)4/h5-7,9H,8H2,1-4H3,(H,16,17,18). The molecule has 0 atom stereocenters. The van der Waals surface area contributed by atoms with Gasteiger partial charge in [0.1, 0.15) is 12.0 Å². The molecular formula is C15H19N3O2. The van der Waals surface area contributed by atoms with Crippen LogP contribution in [0.3, 0.4) is 0 Å². The minimum atomic E-state index is -0.00615. The summed E-state index contributed by atoms with van der Waals surface area (Å²) < 4.78 is 5.80. The van der Waals surface area contributed by atoms with Gasteiger partial charge in [-0.05, 0) is 24.5 Å². The zero-order chi connectivity index (χ0) is 14.8. The lowest BCUT2D eigenvalue weighted by atomic mass is 9.99. The molecule has 2 rings (SSSR count). The molecule has 0 aliphatic rings. The second-order valence-electron chi connectivity index (χ2n) is 5.94. The number of ketones is 1. The van der Waals surface area contributed by atoms with Crippen molar-refractivity contribution in [2.75, 3.05) is 6.61 Å². The third-order valence-corrected chi connectivity index (χ3v) is 2.61. The maximum atomic E-state index is 11.1. The molecule has 2 aromatic heterocycles. The lowest BCUT2D eigenvalue weighted by Gasteiger charge is -2.18. The second-order valence-corrected chi connectivity index (χ2v) is 5.94. The van der Waals surface area contributed by atoms with Crippen molar-refractivity contribution < 1.29 is 9.53 Å². The second kappa shape index (κ2) is 5.45. The fourth-order valence-corrected chi connectivity index (χ4v) is 1.69. The van der Waals surface area contributed by atoms with E-state index in [1.807, 2.05) is 0 Å². The van der Waals surface area contributed by atoms with E-state index < -0.39 is 0 Å². The van der Waals surface area contributed by atoms with Crippen molar-refractivity contribution in [1.82, 2.24) is 15.0 Å². The highest BCUT2D eigenvalue weighted by Crippen LogP contribution is 2.27. The van der Waals surface area contributed by atoms with E-state index in [-0.39, 0.29) is 11.2 Å². The van der Waals surface area contributed by atoms with Crippen molar-refractivity contribution in [2.45, 2.75) is 27.7 Å². The summed E-state index contributed by atoms with van der Waals surface area (Å²) in [5.41, 5.74) is 1.59. The molecule has 2 aromatic rings. The summed E-state index contributed by atoms with van der Waals surface area (Å²) in [4.78, 5) is 22.5. The van der Waals surface area contributed by atoms with Crippen molar-refractivity contribution in [2.24, 2.45) is 5.41 Å². The van der Waals surface area contributed by atoms with Gasteiger partial charge in [0, 0.05) is 11.8 Å². The first-order valence-electron chi connectivity index (χ1n) is 6.50. The lowest BCUT2D eigenvalue weighted by molar-refractivity contribution is -0.112. The van der Waals surface area contributed by atoms with Gasteiger partial charge in [0.15, 0.2) is 5.78 Å². The molecule has 2 heterocycles. The first-order valence-corrected chi connectivity index (χ1v) is 6.50. The molecule has 0 aromatic carbocycles. The lowest BCUT2D eigenvalue weighted by Crippen LogP contribution is -2.17. The predicted octanol–water partition coefficient (Wildman–Crippen LogP) is 2.99. The number of nitrogens with one attached hydrogen (secondary N) is 1. The van der Waals surface area contributed by atoms with Crippen LogP contribution in [0, 0.1) is 5.41 Å². The van der Waals surface area contributed by atoms with Gasteiger partial charge in [-0.1, -0.05) is 20.8 Å². The fourth-order valence-electron chi connectivity index (χ4n) is 1.69. The van der Waals surface area contributed by atoms with Crippen molar-refractivity contribution in [3.8, 4) is 5.88 Å².